The van der Waals surface area contributed by atoms with E-state index in [4.69, 9.17) is 5.73 Å². The average Bonchev–Trinajstić information content (AvgIpc) is 2.95. The minimum atomic E-state index is -0.274. The SMILES string of the molecule is C[C@@H](SCc1csc(-c2cccs2)n1)C(N)=O. The Balaban J connectivity index is 1.97. The van der Waals surface area contributed by atoms with E-state index < -0.39 is 0 Å². The van der Waals surface area contributed by atoms with E-state index in [1.165, 1.54) is 16.6 Å². The molecule has 0 saturated carbocycles. The summed E-state index contributed by atoms with van der Waals surface area (Å²) in [7, 11) is 0. The van der Waals surface area contributed by atoms with Crippen LogP contribution in [0.5, 0.6) is 0 Å². The van der Waals surface area contributed by atoms with E-state index in [0.29, 0.717) is 0 Å². The van der Waals surface area contributed by atoms with E-state index in [-0.39, 0.29) is 11.2 Å². The molecule has 2 aromatic rings. The second kappa shape index (κ2) is 5.66. The topological polar surface area (TPSA) is 56.0 Å². The molecular weight excluding hydrogens is 272 g/mol. The lowest BCUT2D eigenvalue weighted by molar-refractivity contribution is -0.117. The molecule has 0 spiro atoms. The van der Waals surface area contributed by atoms with Crippen molar-refractivity contribution >= 4 is 40.3 Å². The molecule has 0 bridgehead atoms. The largest absolute Gasteiger partial charge is 0.369 e. The lowest BCUT2D eigenvalue weighted by Crippen LogP contribution is -2.22. The first-order chi connectivity index (χ1) is 8.16. The average molecular weight is 284 g/mol. The van der Waals surface area contributed by atoms with Gasteiger partial charge in [-0.3, -0.25) is 4.79 Å². The van der Waals surface area contributed by atoms with Gasteiger partial charge >= 0.3 is 0 Å². The molecule has 0 fully saturated rings. The van der Waals surface area contributed by atoms with Gasteiger partial charge in [-0.2, -0.15) is 0 Å². The number of thioether (sulfide) groups is 1. The van der Waals surface area contributed by atoms with Crippen molar-refractivity contribution in [2.75, 3.05) is 0 Å². The number of thiazole rings is 1. The fraction of sp³-hybridized carbons (Fsp3) is 0.273. The summed E-state index contributed by atoms with van der Waals surface area (Å²) in [5, 5.41) is 4.96. The molecule has 0 radical (unpaired) electrons. The number of hydrogen-bond donors (Lipinski definition) is 1. The molecule has 6 heteroatoms. The summed E-state index contributed by atoms with van der Waals surface area (Å²) in [6.07, 6.45) is 0. The van der Waals surface area contributed by atoms with Crippen molar-refractivity contribution in [3.8, 4) is 9.88 Å². The van der Waals surface area contributed by atoms with Crippen LogP contribution in [0.4, 0.5) is 0 Å². The van der Waals surface area contributed by atoms with Crippen LogP contribution in [0.1, 0.15) is 12.6 Å². The smallest absolute Gasteiger partial charge is 0.230 e. The van der Waals surface area contributed by atoms with E-state index in [0.717, 1.165) is 16.5 Å². The Morgan fingerprint density at radius 2 is 2.41 bits per heavy atom. The zero-order chi connectivity index (χ0) is 12.3. The molecular formula is C11H12N2OS3. The lowest BCUT2D eigenvalue weighted by Gasteiger charge is -2.04. The number of nitrogens with zero attached hydrogens (tertiary/aromatic N) is 1. The third kappa shape index (κ3) is 3.31. The highest BCUT2D eigenvalue weighted by Crippen LogP contribution is 2.29. The fourth-order valence-corrected chi connectivity index (χ4v) is 3.65. The van der Waals surface area contributed by atoms with E-state index >= 15 is 0 Å². The molecule has 2 rings (SSSR count). The highest BCUT2D eigenvalue weighted by Gasteiger charge is 2.11. The van der Waals surface area contributed by atoms with Gasteiger partial charge in [-0.25, -0.2) is 4.98 Å². The van der Waals surface area contributed by atoms with Crippen molar-refractivity contribution in [3.05, 3.63) is 28.6 Å². The van der Waals surface area contributed by atoms with Gasteiger partial charge in [0.05, 0.1) is 15.8 Å². The zero-order valence-corrected chi connectivity index (χ0v) is 11.7. The molecule has 3 nitrogen and oxygen atoms in total. The first-order valence-corrected chi connectivity index (χ1v) is 7.87. The Hall–Kier alpha value is -0.850. The van der Waals surface area contributed by atoms with E-state index in [2.05, 4.69) is 11.1 Å². The van der Waals surface area contributed by atoms with Gasteiger partial charge in [-0.05, 0) is 18.4 Å². The normalized spacial score (nSPS) is 12.5. The molecule has 0 saturated heterocycles. The summed E-state index contributed by atoms with van der Waals surface area (Å²) in [6, 6.07) is 4.08. The molecule has 90 valence electrons. The van der Waals surface area contributed by atoms with Crippen LogP contribution in [-0.4, -0.2) is 16.1 Å². The Morgan fingerprint density at radius 3 is 3.06 bits per heavy atom. The molecule has 0 aliphatic rings. The molecule has 0 aromatic carbocycles. The Labute approximate surface area is 112 Å². The number of aromatic nitrogens is 1. The van der Waals surface area contributed by atoms with Crippen LogP contribution < -0.4 is 5.73 Å². The van der Waals surface area contributed by atoms with Crippen LogP contribution in [0, 0.1) is 0 Å². The van der Waals surface area contributed by atoms with E-state index in [9.17, 15) is 4.79 Å². The molecule has 0 aliphatic carbocycles. The fourth-order valence-electron chi connectivity index (χ4n) is 1.18. The van der Waals surface area contributed by atoms with Crippen molar-refractivity contribution < 1.29 is 4.79 Å². The van der Waals surface area contributed by atoms with Gasteiger partial charge in [-0.1, -0.05) is 6.07 Å². The third-order valence-corrected chi connectivity index (χ3v) is 5.29. The minimum absolute atomic E-state index is 0.165. The van der Waals surface area contributed by atoms with Gasteiger partial charge in [0.2, 0.25) is 5.91 Å². The quantitative estimate of drug-likeness (QED) is 0.918. The third-order valence-electron chi connectivity index (χ3n) is 2.17. The molecule has 0 aliphatic heterocycles. The Bertz CT molecular complexity index is 493. The number of nitrogens with two attached hydrogens (primary N) is 1. The number of carbonyl (C=O) groups is 1. The Kier molecular flexibility index (Phi) is 4.20. The first kappa shape index (κ1) is 12.6. The number of amides is 1. The number of thiophene rings is 1. The van der Waals surface area contributed by atoms with Crippen molar-refractivity contribution in [1.82, 2.24) is 4.98 Å². The maximum absolute atomic E-state index is 10.9. The predicted molar refractivity (Wildman–Crippen MR) is 75.4 cm³/mol. The van der Waals surface area contributed by atoms with Gasteiger partial charge < -0.3 is 5.73 Å². The van der Waals surface area contributed by atoms with Gasteiger partial charge in [-0.15, -0.1) is 34.4 Å². The summed E-state index contributed by atoms with van der Waals surface area (Å²) in [5.74, 6) is 0.454. The van der Waals surface area contributed by atoms with Crippen LogP contribution in [0.25, 0.3) is 9.88 Å². The van der Waals surface area contributed by atoms with Crippen molar-refractivity contribution in [1.29, 1.82) is 0 Å². The van der Waals surface area contributed by atoms with E-state index in [1.54, 1.807) is 22.7 Å². The second-order valence-corrected chi connectivity index (χ2v) is 6.61. The van der Waals surface area contributed by atoms with Crippen LogP contribution in [-0.2, 0) is 10.5 Å². The minimum Gasteiger partial charge on any atom is -0.369 e. The summed E-state index contributed by atoms with van der Waals surface area (Å²) >= 11 is 4.84. The highest BCUT2D eigenvalue weighted by atomic mass is 32.2. The van der Waals surface area contributed by atoms with Crippen molar-refractivity contribution in [2.45, 2.75) is 17.9 Å². The maximum atomic E-state index is 10.9. The second-order valence-electron chi connectivity index (χ2n) is 3.48. The number of primary amides is 1. The van der Waals surface area contributed by atoms with Crippen LogP contribution in [0.15, 0.2) is 22.9 Å². The molecule has 0 unspecified atom stereocenters. The summed E-state index contributed by atoms with van der Waals surface area (Å²) < 4.78 is 0. The van der Waals surface area contributed by atoms with Crippen LogP contribution in [0.3, 0.4) is 0 Å². The molecule has 1 atom stereocenters. The van der Waals surface area contributed by atoms with Gasteiger partial charge in [0.1, 0.15) is 5.01 Å². The predicted octanol–water partition coefficient (Wildman–Crippen LogP) is 2.98. The van der Waals surface area contributed by atoms with Gasteiger partial charge in [0, 0.05) is 11.1 Å². The monoisotopic (exact) mass is 284 g/mol. The molecule has 17 heavy (non-hydrogen) atoms. The zero-order valence-electron chi connectivity index (χ0n) is 9.25. The number of hydrogen-bond acceptors (Lipinski definition) is 5. The molecule has 1 amide bonds. The van der Waals surface area contributed by atoms with E-state index in [1.807, 2.05) is 23.8 Å². The molecule has 2 aromatic heterocycles. The summed E-state index contributed by atoms with van der Waals surface area (Å²) in [6.45, 7) is 1.82. The van der Waals surface area contributed by atoms with Crippen molar-refractivity contribution in [2.24, 2.45) is 5.73 Å². The highest BCUT2D eigenvalue weighted by molar-refractivity contribution is 7.99. The molecule has 2 heterocycles. The summed E-state index contributed by atoms with van der Waals surface area (Å²) in [5.41, 5.74) is 6.22. The maximum Gasteiger partial charge on any atom is 0.230 e. The van der Waals surface area contributed by atoms with Gasteiger partial charge in [0.25, 0.3) is 0 Å². The number of carbonyl (C=O) groups excluding carboxylic acids is 1. The van der Waals surface area contributed by atoms with Crippen LogP contribution in [0.2, 0.25) is 0 Å². The van der Waals surface area contributed by atoms with Gasteiger partial charge in [0.15, 0.2) is 0 Å². The standard InChI is InChI=1S/C11H12N2OS3/c1-7(10(12)14)16-5-8-6-17-11(13-8)9-3-2-4-15-9/h2-4,6-7H,5H2,1H3,(H2,12,14)/t7-/m1/s1. The number of rotatable bonds is 5. The van der Waals surface area contributed by atoms with Crippen LogP contribution >= 0.6 is 34.4 Å². The summed E-state index contributed by atoms with van der Waals surface area (Å²) in [4.78, 5) is 16.6. The lowest BCUT2D eigenvalue weighted by atomic mass is 10.5. The molecule has 2 N–H and O–H groups in total. The van der Waals surface area contributed by atoms with Crippen molar-refractivity contribution in [3.63, 3.8) is 0 Å². The Morgan fingerprint density at radius 1 is 1.59 bits per heavy atom. The first-order valence-electron chi connectivity index (χ1n) is 5.06.